The van der Waals surface area contributed by atoms with Crippen LogP contribution in [0.25, 0.3) is 11.2 Å². The van der Waals surface area contributed by atoms with Crippen LogP contribution in [0.1, 0.15) is 23.2 Å². The highest BCUT2D eigenvalue weighted by Crippen LogP contribution is 2.33. The van der Waals surface area contributed by atoms with Gasteiger partial charge >= 0.3 is 0 Å². The number of H-pyrrole nitrogens is 1. The molecule has 2 aromatic heterocycles. The lowest BCUT2D eigenvalue weighted by Gasteiger charge is -2.31. The molecule has 5 aromatic rings. The number of piperidine rings is 1. The summed E-state index contributed by atoms with van der Waals surface area (Å²) in [6, 6.07) is 22.4. The molecule has 0 bridgehead atoms. The minimum Gasteiger partial charge on any atom is -0.494 e. The Kier molecular flexibility index (Phi) is 7.33. The fraction of sp³-hybridized carbons (Fsp3) is 0.200. The van der Waals surface area contributed by atoms with Gasteiger partial charge in [-0.2, -0.15) is 9.97 Å². The van der Waals surface area contributed by atoms with Crippen LogP contribution >= 0.6 is 0 Å². The number of amides is 1. The van der Waals surface area contributed by atoms with E-state index in [4.69, 9.17) is 9.72 Å². The lowest BCUT2D eigenvalue weighted by molar-refractivity contribution is 0.102. The topological polar surface area (TPSA) is 140 Å². The molecule has 1 aliphatic heterocycles. The van der Waals surface area contributed by atoms with Gasteiger partial charge in [0.05, 0.1) is 25.2 Å². The number of aliphatic hydroxyl groups excluding tert-OH is 1. The van der Waals surface area contributed by atoms with E-state index in [0.29, 0.717) is 45.6 Å². The molecule has 0 aliphatic carbocycles. The van der Waals surface area contributed by atoms with E-state index in [1.165, 1.54) is 0 Å². The maximum atomic E-state index is 12.8. The average molecular weight is 551 g/mol. The van der Waals surface area contributed by atoms with Gasteiger partial charge in [0.1, 0.15) is 11.3 Å². The second-order valence-electron chi connectivity index (χ2n) is 9.75. The van der Waals surface area contributed by atoms with Crippen LogP contribution in [0.4, 0.5) is 34.5 Å². The first-order valence-electron chi connectivity index (χ1n) is 13.4. The highest BCUT2D eigenvalue weighted by atomic mass is 16.5. The van der Waals surface area contributed by atoms with Gasteiger partial charge in [0, 0.05) is 41.8 Å². The molecule has 41 heavy (non-hydrogen) atoms. The van der Waals surface area contributed by atoms with E-state index in [2.05, 4.69) is 35.8 Å². The van der Waals surface area contributed by atoms with Gasteiger partial charge in [0.25, 0.3) is 5.91 Å². The number of anilines is 6. The van der Waals surface area contributed by atoms with Crippen molar-refractivity contribution in [2.24, 2.45) is 0 Å². The molecule has 6 rings (SSSR count). The lowest BCUT2D eigenvalue weighted by Crippen LogP contribution is -2.35. The Balaban J connectivity index is 1.23. The number of aromatic nitrogens is 4. The van der Waals surface area contributed by atoms with Crippen LogP contribution in [0.5, 0.6) is 5.75 Å². The van der Waals surface area contributed by atoms with Crippen molar-refractivity contribution < 1.29 is 14.6 Å². The first-order valence-corrected chi connectivity index (χ1v) is 13.4. The summed E-state index contributed by atoms with van der Waals surface area (Å²) in [6.45, 7) is 1.58. The third kappa shape index (κ3) is 5.89. The minimum absolute atomic E-state index is 0.215. The Bertz CT molecular complexity index is 1670. The Morgan fingerprint density at radius 2 is 1.78 bits per heavy atom. The summed E-state index contributed by atoms with van der Waals surface area (Å²) in [5, 5.41) is 19.3. The number of methoxy groups -OCH3 is 1. The van der Waals surface area contributed by atoms with Crippen LogP contribution in [-0.2, 0) is 0 Å². The van der Waals surface area contributed by atoms with Gasteiger partial charge < -0.3 is 35.7 Å². The van der Waals surface area contributed by atoms with Crippen molar-refractivity contribution in [2.45, 2.75) is 18.9 Å². The third-order valence-corrected chi connectivity index (χ3v) is 6.97. The number of rotatable bonds is 8. The van der Waals surface area contributed by atoms with Gasteiger partial charge in [-0.3, -0.25) is 4.79 Å². The number of aromatic amines is 1. The summed E-state index contributed by atoms with van der Waals surface area (Å²) in [4.78, 5) is 31.7. The molecule has 0 spiro atoms. The largest absolute Gasteiger partial charge is 0.494 e. The molecular formula is C30H30N8O3. The number of nitrogens with one attached hydrogen (secondary N) is 4. The van der Waals surface area contributed by atoms with Crippen molar-refractivity contribution in [3.63, 3.8) is 0 Å². The summed E-state index contributed by atoms with van der Waals surface area (Å²) in [5.41, 5.74) is 4.74. The molecule has 3 heterocycles. The smallest absolute Gasteiger partial charge is 0.255 e. The number of carbonyl (C=O) groups excluding carboxylic acids is 1. The van der Waals surface area contributed by atoms with Crippen molar-refractivity contribution >= 4 is 51.6 Å². The molecule has 1 saturated heterocycles. The van der Waals surface area contributed by atoms with Crippen molar-refractivity contribution in [1.82, 2.24) is 19.9 Å². The number of nitrogens with zero attached hydrogens (tertiary/aromatic N) is 4. The van der Waals surface area contributed by atoms with E-state index in [1.54, 1.807) is 25.6 Å². The first kappa shape index (κ1) is 26.1. The zero-order valence-electron chi connectivity index (χ0n) is 22.5. The molecule has 1 fully saturated rings. The molecule has 3 aromatic carbocycles. The van der Waals surface area contributed by atoms with Crippen LogP contribution in [0.15, 0.2) is 79.1 Å². The first-order chi connectivity index (χ1) is 20.1. The number of para-hydroxylation sites is 1. The zero-order chi connectivity index (χ0) is 28.2. The van der Waals surface area contributed by atoms with E-state index in [0.717, 1.165) is 37.3 Å². The molecule has 11 nitrogen and oxygen atoms in total. The van der Waals surface area contributed by atoms with Crippen LogP contribution < -0.4 is 25.6 Å². The average Bonchev–Trinajstić information content (AvgIpc) is 3.48. The van der Waals surface area contributed by atoms with Crippen molar-refractivity contribution in [1.29, 1.82) is 0 Å². The summed E-state index contributed by atoms with van der Waals surface area (Å²) in [6.07, 6.45) is 2.81. The summed E-state index contributed by atoms with van der Waals surface area (Å²) < 4.78 is 5.68. The molecular weight excluding hydrogens is 520 g/mol. The van der Waals surface area contributed by atoms with Crippen molar-refractivity contribution in [3.8, 4) is 5.75 Å². The van der Waals surface area contributed by atoms with E-state index < -0.39 is 0 Å². The molecule has 1 aliphatic rings. The third-order valence-electron chi connectivity index (χ3n) is 6.97. The number of hydrogen-bond acceptors (Lipinski definition) is 9. The maximum absolute atomic E-state index is 12.8. The number of carbonyl (C=O) groups is 1. The van der Waals surface area contributed by atoms with Crippen LogP contribution in [0.2, 0.25) is 0 Å². The quantitative estimate of drug-likeness (QED) is 0.179. The normalized spacial score (nSPS) is 13.7. The minimum atomic E-state index is -0.236. The van der Waals surface area contributed by atoms with Crippen LogP contribution in [-0.4, -0.2) is 57.3 Å². The number of aliphatic hydroxyl groups is 1. The predicted molar refractivity (Wildman–Crippen MR) is 160 cm³/mol. The standard InChI is InChI=1S/C30H30N8O3/c1-41-25-17-22(38-14-12-23(39)13-15-38)10-11-24(25)35-30-36-27-26(31-18-32-27)28(37-30)33-21-9-5-6-19(16-21)29(40)34-20-7-3-2-4-8-20/h2-11,16-18,23,39H,12-15H2,1H3,(H,34,40)(H3,31,32,33,35,36,37). The van der Waals surface area contributed by atoms with E-state index >= 15 is 0 Å². The van der Waals surface area contributed by atoms with E-state index in [1.807, 2.05) is 60.7 Å². The van der Waals surface area contributed by atoms with Crippen LogP contribution in [0, 0.1) is 0 Å². The number of fused-ring (bicyclic) bond motifs is 1. The Morgan fingerprint density at radius 1 is 0.976 bits per heavy atom. The number of ether oxygens (including phenoxy) is 1. The van der Waals surface area contributed by atoms with E-state index in [9.17, 15) is 9.90 Å². The van der Waals surface area contributed by atoms with Gasteiger partial charge in [0.2, 0.25) is 5.95 Å². The highest BCUT2D eigenvalue weighted by molar-refractivity contribution is 6.05. The monoisotopic (exact) mass is 550 g/mol. The Labute approximate surface area is 236 Å². The Hall–Kier alpha value is -5.16. The number of hydrogen-bond donors (Lipinski definition) is 5. The lowest BCUT2D eigenvalue weighted by atomic mass is 10.1. The van der Waals surface area contributed by atoms with Gasteiger partial charge in [-0.1, -0.05) is 24.3 Å². The fourth-order valence-electron chi connectivity index (χ4n) is 4.80. The molecule has 1 amide bonds. The van der Waals surface area contributed by atoms with Crippen LogP contribution in [0.3, 0.4) is 0 Å². The summed E-state index contributed by atoms with van der Waals surface area (Å²) in [7, 11) is 1.62. The van der Waals surface area contributed by atoms with Gasteiger partial charge in [-0.25, -0.2) is 4.98 Å². The molecule has 0 atom stereocenters. The predicted octanol–water partition coefficient (Wildman–Crippen LogP) is 5.06. The number of imidazole rings is 1. The second kappa shape index (κ2) is 11.5. The summed E-state index contributed by atoms with van der Waals surface area (Å²) in [5.74, 6) is 1.26. The van der Waals surface area contributed by atoms with Gasteiger partial charge in [-0.05, 0) is 55.3 Å². The molecule has 208 valence electrons. The highest BCUT2D eigenvalue weighted by Gasteiger charge is 2.19. The van der Waals surface area contributed by atoms with Gasteiger partial charge in [0.15, 0.2) is 11.5 Å². The van der Waals surface area contributed by atoms with Crippen molar-refractivity contribution in [2.75, 3.05) is 41.0 Å². The maximum Gasteiger partial charge on any atom is 0.255 e. The SMILES string of the molecule is COc1cc(N2CCC(O)CC2)ccc1Nc1nc(Nc2cccc(C(=O)Nc3ccccc3)c2)c2[nH]cnc2n1. The molecule has 0 saturated carbocycles. The zero-order valence-corrected chi connectivity index (χ0v) is 22.5. The molecule has 0 radical (unpaired) electrons. The van der Waals surface area contributed by atoms with E-state index in [-0.39, 0.29) is 12.0 Å². The number of benzene rings is 3. The molecule has 11 heteroatoms. The fourth-order valence-corrected chi connectivity index (χ4v) is 4.80. The van der Waals surface area contributed by atoms with Gasteiger partial charge in [-0.15, -0.1) is 0 Å². The summed E-state index contributed by atoms with van der Waals surface area (Å²) >= 11 is 0. The Morgan fingerprint density at radius 3 is 2.59 bits per heavy atom. The second-order valence-corrected chi connectivity index (χ2v) is 9.75. The molecule has 5 N–H and O–H groups in total. The van der Waals surface area contributed by atoms with Crippen molar-refractivity contribution in [3.05, 3.63) is 84.7 Å². The molecule has 0 unspecified atom stereocenters.